The summed E-state index contributed by atoms with van der Waals surface area (Å²) in [6, 6.07) is 17.8. The summed E-state index contributed by atoms with van der Waals surface area (Å²) >= 11 is 1.58. The summed E-state index contributed by atoms with van der Waals surface area (Å²) in [7, 11) is 0. The molecule has 2 aromatic carbocycles. The molecular weight excluding hydrogens is 380 g/mol. The average Bonchev–Trinajstić information content (AvgIpc) is 3.24. The standard InChI is InChI=1S/C24H26N2O2S/c1-2-3-7-16-28-22-13-10-19(11-14-22)12-15-23(27)25-17-21-18-29-24(26-21)20-8-5-4-6-9-20/h4-6,8-15,18H,2-3,7,16-17H2,1H3,(H,25,27). The summed E-state index contributed by atoms with van der Waals surface area (Å²) in [6.07, 6.45) is 6.79. The van der Waals surface area contributed by atoms with Crippen LogP contribution in [-0.4, -0.2) is 17.5 Å². The van der Waals surface area contributed by atoms with Gasteiger partial charge < -0.3 is 10.1 Å². The second kappa shape index (κ2) is 11.2. The molecule has 0 aliphatic rings. The number of amides is 1. The number of benzene rings is 2. The van der Waals surface area contributed by atoms with Crippen LogP contribution in [-0.2, 0) is 11.3 Å². The maximum atomic E-state index is 12.1. The van der Waals surface area contributed by atoms with Crippen LogP contribution in [0.5, 0.6) is 5.75 Å². The highest BCUT2D eigenvalue weighted by Gasteiger charge is 2.05. The fourth-order valence-corrected chi connectivity index (χ4v) is 3.55. The molecule has 0 radical (unpaired) electrons. The first kappa shape index (κ1) is 20.8. The highest BCUT2D eigenvalue weighted by Crippen LogP contribution is 2.23. The number of aromatic nitrogens is 1. The van der Waals surface area contributed by atoms with E-state index in [0.29, 0.717) is 6.54 Å². The van der Waals surface area contributed by atoms with Crippen molar-refractivity contribution in [3.63, 3.8) is 0 Å². The fraction of sp³-hybridized carbons (Fsp3) is 0.250. The SMILES string of the molecule is CCCCCOc1ccc(C=CC(=O)NCc2csc(-c3ccccc3)n2)cc1. The lowest BCUT2D eigenvalue weighted by molar-refractivity contribution is -0.116. The van der Waals surface area contributed by atoms with Gasteiger partial charge in [-0.05, 0) is 30.2 Å². The van der Waals surface area contributed by atoms with Crippen molar-refractivity contribution in [2.75, 3.05) is 6.61 Å². The number of hydrogen-bond donors (Lipinski definition) is 1. The molecule has 4 nitrogen and oxygen atoms in total. The van der Waals surface area contributed by atoms with Crippen molar-refractivity contribution < 1.29 is 9.53 Å². The number of carbonyl (C=O) groups excluding carboxylic acids is 1. The van der Waals surface area contributed by atoms with E-state index in [1.54, 1.807) is 23.5 Å². The van der Waals surface area contributed by atoms with Gasteiger partial charge in [-0.3, -0.25) is 4.79 Å². The number of hydrogen-bond acceptors (Lipinski definition) is 4. The van der Waals surface area contributed by atoms with Crippen molar-refractivity contribution in [1.29, 1.82) is 0 Å². The zero-order valence-electron chi connectivity index (χ0n) is 16.6. The van der Waals surface area contributed by atoms with Gasteiger partial charge >= 0.3 is 0 Å². The Balaban J connectivity index is 1.44. The normalized spacial score (nSPS) is 10.9. The molecule has 1 heterocycles. The van der Waals surface area contributed by atoms with Gasteiger partial charge in [0.2, 0.25) is 5.91 Å². The van der Waals surface area contributed by atoms with Gasteiger partial charge in [0.15, 0.2) is 0 Å². The molecule has 3 aromatic rings. The van der Waals surface area contributed by atoms with E-state index in [9.17, 15) is 4.79 Å². The molecule has 150 valence electrons. The van der Waals surface area contributed by atoms with Gasteiger partial charge in [0, 0.05) is 17.0 Å². The third-order valence-electron chi connectivity index (χ3n) is 4.34. The Kier molecular flexibility index (Phi) is 8.01. The summed E-state index contributed by atoms with van der Waals surface area (Å²) in [5.41, 5.74) is 2.91. The Bertz CT molecular complexity index is 918. The maximum absolute atomic E-state index is 12.1. The first-order chi connectivity index (χ1) is 14.2. The molecule has 29 heavy (non-hydrogen) atoms. The van der Waals surface area contributed by atoms with Crippen LogP contribution in [0.1, 0.15) is 37.4 Å². The number of rotatable bonds is 10. The van der Waals surface area contributed by atoms with Crippen LogP contribution >= 0.6 is 11.3 Å². The van der Waals surface area contributed by atoms with Gasteiger partial charge in [-0.15, -0.1) is 11.3 Å². The number of thiazole rings is 1. The molecule has 3 rings (SSSR count). The van der Waals surface area contributed by atoms with E-state index in [2.05, 4.69) is 17.2 Å². The van der Waals surface area contributed by atoms with Crippen molar-refractivity contribution in [2.45, 2.75) is 32.7 Å². The number of ether oxygens (including phenoxy) is 1. The lowest BCUT2D eigenvalue weighted by atomic mass is 10.2. The molecule has 0 bridgehead atoms. The smallest absolute Gasteiger partial charge is 0.244 e. The lowest BCUT2D eigenvalue weighted by Gasteiger charge is -2.05. The van der Waals surface area contributed by atoms with E-state index in [1.165, 1.54) is 12.8 Å². The molecule has 0 unspecified atom stereocenters. The molecule has 0 aliphatic heterocycles. The first-order valence-corrected chi connectivity index (χ1v) is 10.8. The van der Waals surface area contributed by atoms with E-state index in [0.717, 1.165) is 40.6 Å². The maximum Gasteiger partial charge on any atom is 0.244 e. The topological polar surface area (TPSA) is 51.2 Å². The van der Waals surface area contributed by atoms with E-state index in [-0.39, 0.29) is 5.91 Å². The van der Waals surface area contributed by atoms with Crippen LogP contribution in [0.4, 0.5) is 0 Å². The highest BCUT2D eigenvalue weighted by atomic mass is 32.1. The minimum Gasteiger partial charge on any atom is -0.494 e. The van der Waals surface area contributed by atoms with Crippen LogP contribution in [0.25, 0.3) is 16.6 Å². The van der Waals surface area contributed by atoms with Crippen LogP contribution in [0.3, 0.4) is 0 Å². The van der Waals surface area contributed by atoms with Gasteiger partial charge in [-0.1, -0.05) is 62.2 Å². The molecule has 0 saturated heterocycles. The summed E-state index contributed by atoms with van der Waals surface area (Å²) in [4.78, 5) is 16.7. The van der Waals surface area contributed by atoms with Crippen LogP contribution in [0.2, 0.25) is 0 Å². The average molecular weight is 407 g/mol. The number of nitrogens with one attached hydrogen (secondary N) is 1. The Morgan fingerprint density at radius 3 is 2.66 bits per heavy atom. The van der Waals surface area contributed by atoms with Gasteiger partial charge in [-0.2, -0.15) is 0 Å². The Morgan fingerprint density at radius 2 is 1.90 bits per heavy atom. The largest absolute Gasteiger partial charge is 0.494 e. The van der Waals surface area contributed by atoms with Gasteiger partial charge in [0.05, 0.1) is 18.8 Å². The van der Waals surface area contributed by atoms with Crippen LogP contribution in [0.15, 0.2) is 66.1 Å². The summed E-state index contributed by atoms with van der Waals surface area (Å²) < 4.78 is 5.70. The van der Waals surface area contributed by atoms with Crippen LogP contribution in [0, 0.1) is 0 Å². The quantitative estimate of drug-likeness (QED) is 0.347. The zero-order valence-corrected chi connectivity index (χ0v) is 17.5. The third-order valence-corrected chi connectivity index (χ3v) is 5.28. The monoisotopic (exact) mass is 406 g/mol. The van der Waals surface area contributed by atoms with E-state index in [4.69, 9.17) is 4.74 Å². The first-order valence-electron chi connectivity index (χ1n) is 9.93. The number of nitrogens with zero attached hydrogens (tertiary/aromatic N) is 1. The molecule has 0 aliphatic carbocycles. The Labute approximate surface area is 176 Å². The molecule has 1 aromatic heterocycles. The van der Waals surface area contributed by atoms with Crippen molar-refractivity contribution in [3.05, 3.63) is 77.3 Å². The Hall–Kier alpha value is -2.92. The fourth-order valence-electron chi connectivity index (χ4n) is 2.73. The second-order valence-corrected chi connectivity index (χ2v) is 7.54. The van der Waals surface area contributed by atoms with Crippen molar-refractivity contribution in [2.24, 2.45) is 0 Å². The third kappa shape index (κ3) is 6.88. The summed E-state index contributed by atoms with van der Waals surface area (Å²) in [6.45, 7) is 3.33. The van der Waals surface area contributed by atoms with E-state index < -0.39 is 0 Å². The predicted octanol–water partition coefficient (Wildman–Crippen LogP) is 5.71. The van der Waals surface area contributed by atoms with Crippen molar-refractivity contribution >= 4 is 23.3 Å². The lowest BCUT2D eigenvalue weighted by Crippen LogP contribution is -2.20. The molecule has 5 heteroatoms. The summed E-state index contributed by atoms with van der Waals surface area (Å²) in [5.74, 6) is 0.722. The molecule has 0 saturated carbocycles. The van der Waals surface area contributed by atoms with Gasteiger partial charge in [-0.25, -0.2) is 4.98 Å². The zero-order chi connectivity index (χ0) is 20.3. The van der Waals surface area contributed by atoms with Gasteiger partial charge in [0.1, 0.15) is 10.8 Å². The van der Waals surface area contributed by atoms with Crippen LogP contribution < -0.4 is 10.1 Å². The summed E-state index contributed by atoms with van der Waals surface area (Å²) in [5, 5.41) is 5.82. The van der Waals surface area contributed by atoms with Gasteiger partial charge in [0.25, 0.3) is 0 Å². The number of carbonyl (C=O) groups is 1. The minimum absolute atomic E-state index is 0.140. The molecule has 0 fully saturated rings. The van der Waals surface area contributed by atoms with E-state index in [1.807, 2.05) is 60.0 Å². The van der Waals surface area contributed by atoms with E-state index >= 15 is 0 Å². The van der Waals surface area contributed by atoms with Crippen molar-refractivity contribution in [3.8, 4) is 16.3 Å². The van der Waals surface area contributed by atoms with Crippen molar-refractivity contribution in [1.82, 2.24) is 10.3 Å². The molecule has 1 amide bonds. The minimum atomic E-state index is -0.140. The molecule has 0 spiro atoms. The number of unbranched alkanes of at least 4 members (excludes halogenated alkanes) is 2. The molecule has 1 N–H and O–H groups in total. The predicted molar refractivity (Wildman–Crippen MR) is 120 cm³/mol. The highest BCUT2D eigenvalue weighted by molar-refractivity contribution is 7.13. The second-order valence-electron chi connectivity index (χ2n) is 6.69. The molecular formula is C24H26N2O2S. The Morgan fingerprint density at radius 1 is 1.10 bits per heavy atom. The molecule has 0 atom stereocenters.